The number of aromatic nitrogens is 1. The molecule has 2 nitrogen and oxygen atoms in total. The summed E-state index contributed by atoms with van der Waals surface area (Å²) in [6.45, 7) is 0. The highest BCUT2D eigenvalue weighted by Gasteiger charge is 2.25. The van der Waals surface area contributed by atoms with Gasteiger partial charge in [0.15, 0.2) is 0 Å². The van der Waals surface area contributed by atoms with Crippen molar-refractivity contribution in [3.63, 3.8) is 0 Å². The average Bonchev–Trinajstić information content (AvgIpc) is 2.77. The SMILES string of the molecule is Nc1ccc(C2CC2)nc1F. The molecule has 1 aliphatic rings. The van der Waals surface area contributed by atoms with E-state index in [9.17, 15) is 4.39 Å². The number of hydrogen-bond acceptors (Lipinski definition) is 2. The van der Waals surface area contributed by atoms with Gasteiger partial charge in [0.1, 0.15) is 0 Å². The maximum Gasteiger partial charge on any atom is 0.236 e. The third-order valence-corrected chi connectivity index (χ3v) is 1.89. The molecule has 1 heterocycles. The van der Waals surface area contributed by atoms with Gasteiger partial charge in [-0.3, -0.25) is 0 Å². The van der Waals surface area contributed by atoms with E-state index in [1.165, 1.54) is 0 Å². The molecule has 58 valence electrons. The molecule has 0 radical (unpaired) electrons. The van der Waals surface area contributed by atoms with E-state index in [0.29, 0.717) is 5.92 Å². The van der Waals surface area contributed by atoms with Crippen LogP contribution in [0, 0.1) is 5.95 Å². The van der Waals surface area contributed by atoms with Gasteiger partial charge in [0.05, 0.1) is 5.69 Å². The van der Waals surface area contributed by atoms with Crippen molar-refractivity contribution < 1.29 is 4.39 Å². The van der Waals surface area contributed by atoms with E-state index in [4.69, 9.17) is 5.73 Å². The number of hydrogen-bond donors (Lipinski definition) is 1. The highest BCUT2D eigenvalue weighted by atomic mass is 19.1. The van der Waals surface area contributed by atoms with E-state index in [2.05, 4.69) is 4.98 Å². The van der Waals surface area contributed by atoms with Crippen LogP contribution in [-0.2, 0) is 0 Å². The Hall–Kier alpha value is -1.12. The summed E-state index contributed by atoms with van der Waals surface area (Å²) in [5.74, 6) is -0.0421. The first-order valence-electron chi connectivity index (χ1n) is 3.69. The molecule has 1 aromatic heterocycles. The molecule has 0 unspecified atom stereocenters. The molecule has 0 atom stereocenters. The molecule has 0 aromatic carbocycles. The molecular weight excluding hydrogens is 143 g/mol. The first-order chi connectivity index (χ1) is 5.27. The van der Waals surface area contributed by atoms with E-state index < -0.39 is 5.95 Å². The predicted molar refractivity (Wildman–Crippen MR) is 40.6 cm³/mol. The Morgan fingerprint density at radius 3 is 2.73 bits per heavy atom. The van der Waals surface area contributed by atoms with Gasteiger partial charge in [-0.15, -0.1) is 0 Å². The summed E-state index contributed by atoms with van der Waals surface area (Å²) < 4.78 is 12.7. The summed E-state index contributed by atoms with van der Waals surface area (Å²) in [5, 5.41) is 0. The van der Waals surface area contributed by atoms with Gasteiger partial charge in [-0.05, 0) is 25.0 Å². The van der Waals surface area contributed by atoms with Crippen LogP contribution in [0.1, 0.15) is 24.5 Å². The van der Waals surface area contributed by atoms with Gasteiger partial charge in [-0.25, -0.2) is 4.98 Å². The van der Waals surface area contributed by atoms with Crippen LogP contribution < -0.4 is 5.73 Å². The lowest BCUT2D eigenvalue weighted by Crippen LogP contribution is -1.96. The predicted octanol–water partition coefficient (Wildman–Crippen LogP) is 1.68. The van der Waals surface area contributed by atoms with E-state index in [1.54, 1.807) is 12.1 Å². The van der Waals surface area contributed by atoms with Crippen LogP contribution in [0.15, 0.2) is 12.1 Å². The fourth-order valence-electron chi connectivity index (χ4n) is 1.07. The van der Waals surface area contributed by atoms with Crippen LogP contribution in [0.3, 0.4) is 0 Å². The normalized spacial score (nSPS) is 16.8. The van der Waals surface area contributed by atoms with E-state index in [0.717, 1.165) is 18.5 Å². The molecule has 0 bridgehead atoms. The number of nitrogens with two attached hydrogens (primary N) is 1. The molecule has 0 saturated heterocycles. The van der Waals surface area contributed by atoms with Gasteiger partial charge < -0.3 is 5.73 Å². The lowest BCUT2D eigenvalue weighted by atomic mass is 10.2. The summed E-state index contributed by atoms with van der Waals surface area (Å²) >= 11 is 0. The Balaban J connectivity index is 2.36. The fourth-order valence-corrected chi connectivity index (χ4v) is 1.07. The van der Waals surface area contributed by atoms with Crippen LogP contribution in [0.2, 0.25) is 0 Å². The summed E-state index contributed by atoms with van der Waals surface area (Å²) in [6.07, 6.45) is 2.27. The van der Waals surface area contributed by atoms with Gasteiger partial charge in [0.25, 0.3) is 0 Å². The zero-order chi connectivity index (χ0) is 7.84. The van der Waals surface area contributed by atoms with Crippen molar-refractivity contribution in [2.24, 2.45) is 0 Å². The Bertz CT molecular complexity index is 281. The Morgan fingerprint density at radius 1 is 1.45 bits per heavy atom. The monoisotopic (exact) mass is 152 g/mol. The van der Waals surface area contributed by atoms with Crippen LogP contribution in [0.25, 0.3) is 0 Å². The smallest absolute Gasteiger partial charge is 0.236 e. The van der Waals surface area contributed by atoms with Crippen LogP contribution in [-0.4, -0.2) is 4.98 Å². The third kappa shape index (κ3) is 1.18. The quantitative estimate of drug-likeness (QED) is 0.622. The molecule has 1 aromatic rings. The molecule has 3 heteroatoms. The first-order valence-corrected chi connectivity index (χ1v) is 3.69. The minimum Gasteiger partial charge on any atom is -0.395 e. The zero-order valence-electron chi connectivity index (χ0n) is 6.05. The number of rotatable bonds is 1. The summed E-state index contributed by atoms with van der Waals surface area (Å²) in [4.78, 5) is 3.74. The summed E-state index contributed by atoms with van der Waals surface area (Å²) in [5.41, 5.74) is 6.25. The first kappa shape index (κ1) is 6.58. The van der Waals surface area contributed by atoms with Crippen LogP contribution >= 0.6 is 0 Å². The maximum absolute atomic E-state index is 12.7. The van der Waals surface area contributed by atoms with Crippen molar-refractivity contribution in [1.82, 2.24) is 4.98 Å². The van der Waals surface area contributed by atoms with Crippen LogP contribution in [0.5, 0.6) is 0 Å². The number of nitrogen functional groups attached to an aromatic ring is 1. The Labute approximate surface area is 64.2 Å². The van der Waals surface area contributed by atoms with E-state index in [-0.39, 0.29) is 5.69 Å². The molecule has 0 spiro atoms. The number of pyridine rings is 1. The van der Waals surface area contributed by atoms with Crippen molar-refractivity contribution in [3.05, 3.63) is 23.8 Å². The second kappa shape index (κ2) is 2.19. The molecule has 1 aliphatic carbocycles. The second-order valence-corrected chi connectivity index (χ2v) is 2.89. The molecule has 11 heavy (non-hydrogen) atoms. The molecule has 2 rings (SSSR count). The third-order valence-electron chi connectivity index (χ3n) is 1.89. The molecule has 0 aliphatic heterocycles. The lowest BCUT2D eigenvalue weighted by Gasteiger charge is -1.98. The Morgan fingerprint density at radius 2 is 2.18 bits per heavy atom. The van der Waals surface area contributed by atoms with Crippen molar-refractivity contribution in [1.29, 1.82) is 0 Å². The summed E-state index contributed by atoms with van der Waals surface area (Å²) in [6, 6.07) is 3.38. The van der Waals surface area contributed by atoms with Crippen molar-refractivity contribution >= 4 is 5.69 Å². The van der Waals surface area contributed by atoms with Crippen LogP contribution in [0.4, 0.5) is 10.1 Å². The number of halogens is 1. The highest BCUT2D eigenvalue weighted by Crippen LogP contribution is 2.39. The topological polar surface area (TPSA) is 38.9 Å². The molecule has 2 N–H and O–H groups in total. The van der Waals surface area contributed by atoms with Gasteiger partial charge in [0, 0.05) is 11.6 Å². The van der Waals surface area contributed by atoms with Crippen molar-refractivity contribution in [2.45, 2.75) is 18.8 Å². The van der Waals surface area contributed by atoms with E-state index >= 15 is 0 Å². The molecule has 1 saturated carbocycles. The Kier molecular flexibility index (Phi) is 1.31. The minimum atomic E-state index is -0.533. The second-order valence-electron chi connectivity index (χ2n) is 2.89. The van der Waals surface area contributed by atoms with Gasteiger partial charge >= 0.3 is 0 Å². The standard InChI is InChI=1S/C8H9FN2/c9-8-6(10)3-4-7(11-8)5-1-2-5/h3-5H,1-2,10H2. The fraction of sp³-hybridized carbons (Fsp3) is 0.375. The molecule has 1 fully saturated rings. The molecular formula is C8H9FN2. The van der Waals surface area contributed by atoms with Crippen molar-refractivity contribution in [3.8, 4) is 0 Å². The average molecular weight is 152 g/mol. The number of nitrogens with zero attached hydrogens (tertiary/aromatic N) is 1. The maximum atomic E-state index is 12.7. The van der Waals surface area contributed by atoms with Gasteiger partial charge in [-0.1, -0.05) is 0 Å². The zero-order valence-corrected chi connectivity index (χ0v) is 6.05. The van der Waals surface area contributed by atoms with Gasteiger partial charge in [0.2, 0.25) is 5.95 Å². The minimum absolute atomic E-state index is 0.134. The largest absolute Gasteiger partial charge is 0.395 e. The molecule has 0 amide bonds. The van der Waals surface area contributed by atoms with Gasteiger partial charge in [-0.2, -0.15) is 4.39 Å². The lowest BCUT2D eigenvalue weighted by molar-refractivity contribution is 0.582. The number of anilines is 1. The highest BCUT2D eigenvalue weighted by molar-refractivity contribution is 5.37. The van der Waals surface area contributed by atoms with Crippen molar-refractivity contribution in [2.75, 3.05) is 5.73 Å². The van der Waals surface area contributed by atoms with E-state index in [1.807, 2.05) is 0 Å². The summed E-state index contributed by atoms with van der Waals surface area (Å²) in [7, 11) is 0.